The van der Waals surface area contributed by atoms with Gasteiger partial charge >= 0.3 is 6.09 Å². The summed E-state index contributed by atoms with van der Waals surface area (Å²) < 4.78 is 9.29. The molecule has 0 spiro atoms. The van der Waals surface area contributed by atoms with Crippen LogP contribution in [0.1, 0.15) is 6.42 Å². The summed E-state index contributed by atoms with van der Waals surface area (Å²) >= 11 is 0. The highest BCUT2D eigenvalue weighted by Crippen LogP contribution is 2.12. The van der Waals surface area contributed by atoms with Crippen LogP contribution in [0, 0.1) is 0 Å². The van der Waals surface area contributed by atoms with E-state index in [0.717, 1.165) is 0 Å². The minimum absolute atomic E-state index is 0.0107. The van der Waals surface area contributed by atoms with Gasteiger partial charge < -0.3 is 14.4 Å². The van der Waals surface area contributed by atoms with Crippen LogP contribution < -0.4 is 0 Å². The van der Waals surface area contributed by atoms with Crippen molar-refractivity contribution in [1.29, 1.82) is 0 Å². The number of hydrogen-bond donors (Lipinski definition) is 0. The van der Waals surface area contributed by atoms with Crippen molar-refractivity contribution < 1.29 is 19.1 Å². The normalized spacial score (nSPS) is 16.9. The summed E-state index contributed by atoms with van der Waals surface area (Å²) in [4.78, 5) is 27.8. The number of ether oxygens (including phenoxy) is 2. The first-order valence-corrected chi connectivity index (χ1v) is 4.76. The Morgan fingerprint density at radius 3 is 2.69 bits per heavy atom. The Morgan fingerprint density at radius 2 is 2.12 bits per heavy atom. The first-order chi connectivity index (χ1) is 7.60. The Kier molecular flexibility index (Phi) is 4.04. The van der Waals surface area contributed by atoms with E-state index in [1.165, 1.54) is 14.2 Å². The van der Waals surface area contributed by atoms with Gasteiger partial charge in [0, 0.05) is 13.6 Å². The van der Waals surface area contributed by atoms with E-state index in [2.05, 4.69) is 9.73 Å². The molecule has 0 aromatic heterocycles. The number of nitrogens with zero attached hydrogens (tertiary/aromatic N) is 2. The molecule has 6 nitrogen and oxygen atoms in total. The zero-order valence-corrected chi connectivity index (χ0v) is 9.52. The van der Waals surface area contributed by atoms with Crippen molar-refractivity contribution in [3.8, 4) is 0 Å². The monoisotopic (exact) mass is 226 g/mol. The Morgan fingerprint density at radius 1 is 1.44 bits per heavy atom. The number of carbonyl (C=O) groups is 2. The fourth-order valence-electron chi connectivity index (χ4n) is 1.32. The highest BCUT2D eigenvalue weighted by atomic mass is 16.5. The first kappa shape index (κ1) is 12.2. The largest absolute Gasteiger partial charge is 0.480 e. The minimum atomic E-state index is -0.793. The van der Waals surface area contributed by atoms with Gasteiger partial charge in [0.15, 0.2) is 0 Å². The van der Waals surface area contributed by atoms with Crippen LogP contribution in [0.5, 0.6) is 0 Å². The molecule has 0 aliphatic carbocycles. The molecule has 0 unspecified atom stereocenters. The lowest BCUT2D eigenvalue weighted by Crippen LogP contribution is -2.35. The highest BCUT2D eigenvalue weighted by Gasteiger charge is 2.24. The second-order valence-electron chi connectivity index (χ2n) is 3.22. The lowest BCUT2D eigenvalue weighted by Gasteiger charge is -2.22. The summed E-state index contributed by atoms with van der Waals surface area (Å²) in [6.07, 6.45) is 1.62. The predicted molar refractivity (Wildman–Crippen MR) is 57.2 cm³/mol. The first-order valence-electron chi connectivity index (χ1n) is 4.76. The van der Waals surface area contributed by atoms with Gasteiger partial charge in [0.05, 0.1) is 19.8 Å². The smallest absolute Gasteiger partial charge is 0.436 e. The van der Waals surface area contributed by atoms with Gasteiger partial charge in [0.25, 0.3) is 5.91 Å². The van der Waals surface area contributed by atoms with Gasteiger partial charge in [-0.1, -0.05) is 6.08 Å². The molecule has 88 valence electrons. The number of aliphatic imine (C=N–C) groups is 1. The van der Waals surface area contributed by atoms with Gasteiger partial charge in [0.1, 0.15) is 0 Å². The van der Waals surface area contributed by atoms with Gasteiger partial charge in [-0.05, 0) is 6.42 Å². The quantitative estimate of drug-likeness (QED) is 0.484. The zero-order valence-electron chi connectivity index (χ0n) is 9.52. The number of amides is 2. The summed E-state index contributed by atoms with van der Waals surface area (Å²) in [7, 11) is 4.24. The number of rotatable bonds is 1. The van der Waals surface area contributed by atoms with Crippen molar-refractivity contribution in [3.05, 3.63) is 11.6 Å². The number of methoxy groups -OCH3 is 2. The standard InChI is InChI=1S/C10H14N2O4/c1-12-6-4-5-7(9(12)13)8(15-2)11-10(14)16-3/h5H,4,6H2,1-3H3/b11-8-. The topological polar surface area (TPSA) is 68.2 Å². The third-order valence-corrected chi connectivity index (χ3v) is 2.18. The molecule has 0 fully saturated rings. The molecule has 0 bridgehead atoms. The molecule has 16 heavy (non-hydrogen) atoms. The van der Waals surface area contributed by atoms with Crippen molar-refractivity contribution in [2.75, 3.05) is 27.8 Å². The van der Waals surface area contributed by atoms with Gasteiger partial charge in [-0.25, -0.2) is 4.79 Å². The number of likely N-dealkylation sites (N-methyl/N-ethyl adjacent to an activating group) is 1. The molecule has 1 aliphatic rings. The molecule has 0 aromatic rings. The molecular weight excluding hydrogens is 212 g/mol. The number of carbonyl (C=O) groups excluding carboxylic acids is 2. The summed E-state index contributed by atoms with van der Waals surface area (Å²) in [5, 5.41) is 0. The summed E-state index contributed by atoms with van der Waals surface area (Å²) in [6, 6.07) is 0. The third-order valence-electron chi connectivity index (χ3n) is 2.18. The van der Waals surface area contributed by atoms with E-state index in [1.807, 2.05) is 0 Å². The second kappa shape index (κ2) is 5.29. The van der Waals surface area contributed by atoms with Crippen LogP contribution >= 0.6 is 0 Å². The zero-order chi connectivity index (χ0) is 12.1. The van der Waals surface area contributed by atoms with E-state index in [1.54, 1.807) is 18.0 Å². The van der Waals surface area contributed by atoms with E-state index in [9.17, 15) is 9.59 Å². The molecule has 6 heteroatoms. The van der Waals surface area contributed by atoms with Crippen LogP contribution in [-0.2, 0) is 14.3 Å². The number of hydrogen-bond acceptors (Lipinski definition) is 4. The molecule has 2 amide bonds. The Bertz CT molecular complexity index is 360. The molecule has 1 rings (SSSR count). The molecule has 0 saturated carbocycles. The fourth-order valence-corrected chi connectivity index (χ4v) is 1.32. The van der Waals surface area contributed by atoms with E-state index >= 15 is 0 Å². The van der Waals surface area contributed by atoms with Crippen LogP contribution in [0.15, 0.2) is 16.6 Å². The van der Waals surface area contributed by atoms with Gasteiger partial charge in [0.2, 0.25) is 5.90 Å². The molecule has 1 aliphatic heterocycles. The molecule has 1 heterocycles. The summed E-state index contributed by atoms with van der Waals surface area (Å²) in [5.74, 6) is -0.223. The maximum Gasteiger partial charge on any atom is 0.436 e. The van der Waals surface area contributed by atoms with Crippen LogP contribution in [0.2, 0.25) is 0 Å². The Balaban J connectivity index is 2.97. The van der Waals surface area contributed by atoms with Crippen LogP contribution in [0.25, 0.3) is 0 Å². The molecule has 0 N–H and O–H groups in total. The predicted octanol–water partition coefficient (Wildman–Crippen LogP) is 0.586. The average molecular weight is 226 g/mol. The van der Waals surface area contributed by atoms with Crippen molar-refractivity contribution in [2.24, 2.45) is 4.99 Å². The molecule has 0 saturated heterocycles. The Labute approximate surface area is 93.5 Å². The second-order valence-corrected chi connectivity index (χ2v) is 3.22. The van der Waals surface area contributed by atoms with E-state index in [-0.39, 0.29) is 11.8 Å². The van der Waals surface area contributed by atoms with Gasteiger partial charge in [-0.3, -0.25) is 4.79 Å². The maximum atomic E-state index is 11.7. The Hall–Kier alpha value is -1.85. The van der Waals surface area contributed by atoms with Crippen molar-refractivity contribution in [1.82, 2.24) is 4.90 Å². The SMILES string of the molecule is COC(=O)/N=C(\OC)C1=CCCN(C)C1=O. The average Bonchev–Trinajstić information content (AvgIpc) is 2.29. The lowest BCUT2D eigenvalue weighted by atomic mass is 10.1. The van der Waals surface area contributed by atoms with Gasteiger partial charge in [-0.2, -0.15) is 0 Å². The molecule has 0 aromatic carbocycles. The lowest BCUT2D eigenvalue weighted by molar-refractivity contribution is -0.125. The van der Waals surface area contributed by atoms with Crippen molar-refractivity contribution in [3.63, 3.8) is 0 Å². The van der Waals surface area contributed by atoms with Crippen LogP contribution in [0.4, 0.5) is 4.79 Å². The van der Waals surface area contributed by atoms with E-state index < -0.39 is 6.09 Å². The summed E-state index contributed by atoms with van der Waals surface area (Å²) in [5.41, 5.74) is 0.293. The van der Waals surface area contributed by atoms with Crippen LogP contribution in [-0.4, -0.2) is 50.6 Å². The molecular formula is C10H14N2O4. The highest BCUT2D eigenvalue weighted by molar-refractivity contribution is 6.20. The summed E-state index contributed by atoms with van der Waals surface area (Å²) in [6.45, 7) is 0.650. The van der Waals surface area contributed by atoms with Crippen molar-refractivity contribution >= 4 is 17.9 Å². The molecule has 0 radical (unpaired) electrons. The van der Waals surface area contributed by atoms with Crippen LogP contribution in [0.3, 0.4) is 0 Å². The maximum absolute atomic E-state index is 11.7. The van der Waals surface area contributed by atoms with E-state index in [4.69, 9.17) is 4.74 Å². The third kappa shape index (κ3) is 2.59. The van der Waals surface area contributed by atoms with E-state index in [0.29, 0.717) is 18.5 Å². The minimum Gasteiger partial charge on any atom is -0.480 e. The fraction of sp³-hybridized carbons (Fsp3) is 0.500. The van der Waals surface area contributed by atoms with Crippen molar-refractivity contribution in [2.45, 2.75) is 6.42 Å². The van der Waals surface area contributed by atoms with Gasteiger partial charge in [-0.15, -0.1) is 4.99 Å². The molecule has 0 atom stereocenters.